The third kappa shape index (κ3) is 4.04. The SMILES string of the molecule is COC(=O)Nc1cnc(N2CCSCC2)cc1-c1ccc(F)cc1C. The van der Waals surface area contributed by atoms with Crippen molar-refractivity contribution in [2.45, 2.75) is 6.92 Å². The molecule has 2 aromatic rings. The Morgan fingerprint density at radius 2 is 2.04 bits per heavy atom. The van der Waals surface area contributed by atoms with Gasteiger partial charge < -0.3 is 9.64 Å². The number of hydrogen-bond acceptors (Lipinski definition) is 5. The Balaban J connectivity index is 2.05. The van der Waals surface area contributed by atoms with Crippen LogP contribution in [-0.4, -0.2) is 42.8 Å². The van der Waals surface area contributed by atoms with Crippen LogP contribution in [0.25, 0.3) is 11.1 Å². The third-order valence-corrected chi connectivity index (χ3v) is 5.07. The number of carbonyl (C=O) groups excluding carboxylic acids is 1. The molecule has 0 radical (unpaired) electrons. The summed E-state index contributed by atoms with van der Waals surface area (Å²) in [5, 5.41) is 2.69. The van der Waals surface area contributed by atoms with Crippen LogP contribution >= 0.6 is 11.8 Å². The lowest BCUT2D eigenvalue weighted by Gasteiger charge is -2.28. The van der Waals surface area contributed by atoms with Crippen molar-refractivity contribution in [3.63, 3.8) is 0 Å². The number of ether oxygens (including phenoxy) is 1. The quantitative estimate of drug-likeness (QED) is 0.898. The summed E-state index contributed by atoms with van der Waals surface area (Å²) in [5.41, 5.74) is 2.98. The highest BCUT2D eigenvalue weighted by molar-refractivity contribution is 7.99. The molecule has 25 heavy (non-hydrogen) atoms. The van der Waals surface area contributed by atoms with E-state index in [1.165, 1.54) is 19.2 Å². The normalized spacial score (nSPS) is 14.3. The molecule has 132 valence electrons. The molecule has 1 fully saturated rings. The van der Waals surface area contributed by atoms with E-state index < -0.39 is 6.09 Å². The van der Waals surface area contributed by atoms with Gasteiger partial charge in [0.05, 0.1) is 19.0 Å². The van der Waals surface area contributed by atoms with Gasteiger partial charge in [-0.1, -0.05) is 6.07 Å². The summed E-state index contributed by atoms with van der Waals surface area (Å²) in [4.78, 5) is 18.4. The van der Waals surface area contributed by atoms with Crippen molar-refractivity contribution in [2.24, 2.45) is 0 Å². The lowest BCUT2D eigenvalue weighted by Crippen LogP contribution is -2.33. The molecule has 2 heterocycles. The predicted molar refractivity (Wildman–Crippen MR) is 99.9 cm³/mol. The second kappa shape index (κ2) is 7.74. The monoisotopic (exact) mass is 361 g/mol. The van der Waals surface area contributed by atoms with E-state index in [0.29, 0.717) is 5.69 Å². The van der Waals surface area contributed by atoms with E-state index in [1.807, 2.05) is 24.8 Å². The molecular formula is C18H20FN3O2S. The van der Waals surface area contributed by atoms with Gasteiger partial charge in [0, 0.05) is 30.2 Å². The molecule has 0 atom stereocenters. The number of rotatable bonds is 3. The second-order valence-corrected chi connectivity index (χ2v) is 6.99. The summed E-state index contributed by atoms with van der Waals surface area (Å²) in [6.45, 7) is 3.71. The van der Waals surface area contributed by atoms with Gasteiger partial charge in [-0.25, -0.2) is 14.2 Å². The molecule has 1 aromatic heterocycles. The van der Waals surface area contributed by atoms with Crippen LogP contribution in [0.5, 0.6) is 0 Å². The summed E-state index contributed by atoms with van der Waals surface area (Å²) >= 11 is 1.93. The molecular weight excluding hydrogens is 341 g/mol. The van der Waals surface area contributed by atoms with E-state index in [9.17, 15) is 9.18 Å². The molecule has 3 rings (SSSR count). The first-order valence-corrected chi connectivity index (χ1v) is 9.18. The van der Waals surface area contributed by atoms with Crippen LogP contribution in [0, 0.1) is 12.7 Å². The van der Waals surface area contributed by atoms with Crippen molar-refractivity contribution in [2.75, 3.05) is 41.9 Å². The average Bonchev–Trinajstić information content (AvgIpc) is 2.63. The van der Waals surface area contributed by atoms with Crippen LogP contribution in [0.15, 0.2) is 30.5 Å². The number of thioether (sulfide) groups is 1. The number of amides is 1. The van der Waals surface area contributed by atoms with Crippen molar-refractivity contribution in [3.8, 4) is 11.1 Å². The molecule has 1 aromatic carbocycles. The van der Waals surface area contributed by atoms with Crippen molar-refractivity contribution in [1.29, 1.82) is 0 Å². The molecule has 0 spiro atoms. The highest BCUT2D eigenvalue weighted by atomic mass is 32.2. The number of anilines is 2. The number of methoxy groups -OCH3 is 1. The summed E-state index contributed by atoms with van der Waals surface area (Å²) in [6, 6.07) is 6.57. The fraction of sp³-hybridized carbons (Fsp3) is 0.333. The van der Waals surface area contributed by atoms with Gasteiger partial charge in [0.1, 0.15) is 11.6 Å². The zero-order valence-corrected chi connectivity index (χ0v) is 15.0. The second-order valence-electron chi connectivity index (χ2n) is 5.76. The maximum Gasteiger partial charge on any atom is 0.411 e. The van der Waals surface area contributed by atoms with E-state index in [2.05, 4.69) is 19.9 Å². The van der Waals surface area contributed by atoms with E-state index in [0.717, 1.165) is 47.1 Å². The highest BCUT2D eigenvalue weighted by Gasteiger charge is 2.17. The van der Waals surface area contributed by atoms with E-state index in [4.69, 9.17) is 0 Å². The Morgan fingerprint density at radius 1 is 1.28 bits per heavy atom. The molecule has 1 saturated heterocycles. The Labute approximate surface area is 150 Å². The summed E-state index contributed by atoms with van der Waals surface area (Å²) in [7, 11) is 1.31. The Morgan fingerprint density at radius 3 is 2.72 bits per heavy atom. The molecule has 0 unspecified atom stereocenters. The minimum absolute atomic E-state index is 0.286. The lowest BCUT2D eigenvalue weighted by molar-refractivity contribution is 0.187. The molecule has 5 nitrogen and oxygen atoms in total. The zero-order valence-electron chi connectivity index (χ0n) is 14.2. The summed E-state index contributed by atoms with van der Waals surface area (Å²) in [5.74, 6) is 2.70. The van der Waals surface area contributed by atoms with Crippen LogP contribution in [0.1, 0.15) is 5.56 Å². The van der Waals surface area contributed by atoms with Crippen molar-refractivity contribution in [1.82, 2.24) is 4.98 Å². The van der Waals surface area contributed by atoms with E-state index in [1.54, 1.807) is 12.3 Å². The number of aromatic nitrogens is 1. The van der Waals surface area contributed by atoms with Gasteiger partial charge in [-0.05, 0) is 36.2 Å². The minimum Gasteiger partial charge on any atom is -0.453 e. The molecule has 0 aliphatic carbocycles. The fourth-order valence-electron chi connectivity index (χ4n) is 2.82. The van der Waals surface area contributed by atoms with Gasteiger partial charge in [-0.15, -0.1) is 0 Å². The fourth-order valence-corrected chi connectivity index (χ4v) is 3.73. The lowest BCUT2D eigenvalue weighted by atomic mass is 9.99. The van der Waals surface area contributed by atoms with Gasteiger partial charge in [0.25, 0.3) is 0 Å². The average molecular weight is 361 g/mol. The standard InChI is InChI=1S/C18H20FN3O2S/c1-12-9-13(19)3-4-14(12)15-10-17(22-5-7-25-8-6-22)20-11-16(15)21-18(23)24-2/h3-4,9-11H,5-8H2,1-2H3,(H,21,23). The summed E-state index contributed by atoms with van der Waals surface area (Å²) < 4.78 is 18.2. The molecule has 0 bridgehead atoms. The number of nitrogens with one attached hydrogen (secondary N) is 1. The largest absolute Gasteiger partial charge is 0.453 e. The van der Waals surface area contributed by atoms with Gasteiger partial charge in [-0.3, -0.25) is 5.32 Å². The third-order valence-electron chi connectivity index (χ3n) is 4.13. The zero-order chi connectivity index (χ0) is 17.8. The van der Waals surface area contributed by atoms with Crippen LogP contribution in [0.4, 0.5) is 20.7 Å². The van der Waals surface area contributed by atoms with Crippen molar-refractivity contribution in [3.05, 3.63) is 41.8 Å². The molecule has 1 aliphatic heterocycles. The van der Waals surface area contributed by atoms with Gasteiger partial charge in [0.15, 0.2) is 0 Å². The highest BCUT2D eigenvalue weighted by Crippen LogP contribution is 2.33. The first-order valence-electron chi connectivity index (χ1n) is 8.02. The number of carbonyl (C=O) groups is 1. The molecule has 1 N–H and O–H groups in total. The van der Waals surface area contributed by atoms with Gasteiger partial charge in [0.2, 0.25) is 0 Å². The number of pyridine rings is 1. The summed E-state index contributed by atoms with van der Waals surface area (Å²) in [6.07, 6.45) is 1.07. The maximum atomic E-state index is 13.5. The van der Waals surface area contributed by atoms with Crippen molar-refractivity contribution >= 4 is 29.4 Å². The molecule has 1 aliphatic rings. The van der Waals surface area contributed by atoms with Gasteiger partial charge in [-0.2, -0.15) is 11.8 Å². The van der Waals surface area contributed by atoms with Crippen LogP contribution < -0.4 is 10.2 Å². The Bertz CT molecular complexity index is 779. The number of nitrogens with zero attached hydrogens (tertiary/aromatic N) is 2. The first kappa shape index (κ1) is 17.5. The van der Waals surface area contributed by atoms with Gasteiger partial charge >= 0.3 is 6.09 Å². The first-order chi connectivity index (χ1) is 12.1. The van der Waals surface area contributed by atoms with Crippen LogP contribution in [0.3, 0.4) is 0 Å². The molecule has 1 amide bonds. The minimum atomic E-state index is -0.565. The maximum absolute atomic E-state index is 13.5. The molecule has 7 heteroatoms. The number of hydrogen-bond donors (Lipinski definition) is 1. The topological polar surface area (TPSA) is 54.5 Å². The Kier molecular flexibility index (Phi) is 5.43. The molecule has 0 saturated carbocycles. The van der Waals surface area contributed by atoms with Crippen molar-refractivity contribution < 1.29 is 13.9 Å². The number of halogens is 1. The number of benzene rings is 1. The van der Waals surface area contributed by atoms with Crippen LogP contribution in [0.2, 0.25) is 0 Å². The van der Waals surface area contributed by atoms with Crippen LogP contribution in [-0.2, 0) is 4.74 Å². The Hall–Kier alpha value is -2.28. The van der Waals surface area contributed by atoms with E-state index in [-0.39, 0.29) is 5.82 Å². The smallest absolute Gasteiger partial charge is 0.411 e. The number of aryl methyl sites for hydroxylation is 1. The predicted octanol–water partition coefficient (Wildman–Crippen LogP) is 3.93. The van der Waals surface area contributed by atoms with E-state index >= 15 is 0 Å².